The van der Waals surface area contributed by atoms with Gasteiger partial charge in [0.15, 0.2) is 11.4 Å². The van der Waals surface area contributed by atoms with Crippen molar-refractivity contribution in [3.63, 3.8) is 0 Å². The number of hydrogen-bond donors (Lipinski definition) is 1. The van der Waals surface area contributed by atoms with Gasteiger partial charge in [0.05, 0.1) is 6.20 Å². The maximum Gasteiger partial charge on any atom is 0.215 e. The summed E-state index contributed by atoms with van der Waals surface area (Å²) in [6.07, 6.45) is 8.32. The second kappa shape index (κ2) is 4.76. The Morgan fingerprint density at radius 1 is 1.10 bits per heavy atom. The summed E-state index contributed by atoms with van der Waals surface area (Å²) in [6, 6.07) is 10.4. The van der Waals surface area contributed by atoms with Crippen LogP contribution in [0, 0.1) is 0 Å². The molecule has 2 heterocycles. The molecule has 0 amide bonds. The Labute approximate surface area is 124 Å². The molecule has 1 atom stereocenters. The Morgan fingerprint density at radius 2 is 1.90 bits per heavy atom. The summed E-state index contributed by atoms with van der Waals surface area (Å²) in [5.41, 5.74) is 5.86. The second-order valence-electron chi connectivity index (χ2n) is 5.94. The second-order valence-corrected chi connectivity index (χ2v) is 5.94. The summed E-state index contributed by atoms with van der Waals surface area (Å²) in [6.45, 7) is 0.730. The Morgan fingerprint density at radius 3 is 2.76 bits per heavy atom. The van der Waals surface area contributed by atoms with Crippen molar-refractivity contribution in [2.45, 2.75) is 32.2 Å². The van der Waals surface area contributed by atoms with Crippen molar-refractivity contribution in [1.82, 2.24) is 9.58 Å². The molecule has 0 saturated carbocycles. The van der Waals surface area contributed by atoms with Crippen molar-refractivity contribution in [3.05, 3.63) is 53.3 Å². The molecule has 1 aromatic carbocycles. The number of quaternary nitrogens is 1. The molecule has 2 aliphatic rings. The third-order valence-corrected chi connectivity index (χ3v) is 4.42. The first kappa shape index (κ1) is 12.7. The van der Waals surface area contributed by atoms with Crippen LogP contribution >= 0.6 is 0 Å². The smallest absolute Gasteiger partial charge is 0.215 e. The van der Waals surface area contributed by atoms with Crippen LogP contribution in [-0.2, 0) is 19.4 Å². The highest BCUT2D eigenvalue weighted by atomic mass is 15.6. The topological polar surface area (TPSA) is 51.3 Å². The van der Waals surface area contributed by atoms with E-state index in [1.165, 1.54) is 29.7 Å². The van der Waals surface area contributed by atoms with Gasteiger partial charge in [0.1, 0.15) is 6.54 Å². The van der Waals surface area contributed by atoms with E-state index in [0.29, 0.717) is 0 Å². The van der Waals surface area contributed by atoms with Crippen molar-refractivity contribution in [2.75, 3.05) is 0 Å². The van der Waals surface area contributed by atoms with Gasteiger partial charge in [0.2, 0.25) is 6.34 Å². The van der Waals surface area contributed by atoms with Crippen LogP contribution in [0.3, 0.4) is 0 Å². The molecule has 2 N–H and O–H groups in total. The van der Waals surface area contributed by atoms with E-state index in [2.05, 4.69) is 34.2 Å². The van der Waals surface area contributed by atoms with Gasteiger partial charge in [-0.25, -0.2) is 0 Å². The van der Waals surface area contributed by atoms with Crippen molar-refractivity contribution in [1.29, 1.82) is 0 Å². The lowest BCUT2D eigenvalue weighted by Crippen LogP contribution is -2.53. The number of aromatic nitrogens is 1. The Bertz CT molecular complexity index is 708. The molecule has 0 spiro atoms. The van der Waals surface area contributed by atoms with E-state index < -0.39 is 0 Å². The molecule has 4 heteroatoms. The SMILES string of the molecule is N[N+]1(Cc2ccccc2)C=Nc2cnc3c(c21)CCCC3. The predicted octanol–water partition coefficient (Wildman–Crippen LogP) is 3.02. The lowest BCUT2D eigenvalue weighted by atomic mass is 9.93. The van der Waals surface area contributed by atoms with Gasteiger partial charge < -0.3 is 0 Å². The molecule has 1 aliphatic carbocycles. The minimum atomic E-state index is 0.268. The van der Waals surface area contributed by atoms with Crippen LogP contribution in [0.5, 0.6) is 0 Å². The number of aryl methyl sites for hydroxylation is 1. The lowest BCUT2D eigenvalue weighted by Gasteiger charge is -2.28. The van der Waals surface area contributed by atoms with Crippen LogP contribution < -0.4 is 10.4 Å². The zero-order valence-electron chi connectivity index (χ0n) is 12.0. The van der Waals surface area contributed by atoms with E-state index in [0.717, 1.165) is 30.8 Å². The van der Waals surface area contributed by atoms with Crippen LogP contribution in [0.1, 0.15) is 29.7 Å². The Kier molecular flexibility index (Phi) is 2.87. The monoisotopic (exact) mass is 279 g/mol. The molecule has 0 fully saturated rings. The van der Waals surface area contributed by atoms with Crippen LogP contribution in [0.4, 0.5) is 11.4 Å². The third kappa shape index (κ3) is 2.07. The summed E-state index contributed by atoms with van der Waals surface area (Å²) in [5, 5.41) is 0. The first-order valence-corrected chi connectivity index (χ1v) is 7.53. The normalized spacial score (nSPS) is 22.9. The highest BCUT2D eigenvalue weighted by Gasteiger charge is 2.38. The average Bonchev–Trinajstić information content (AvgIpc) is 2.86. The standard InChI is InChI=1S/C17H19N4/c18-21(11-13-6-2-1-3-7-13)12-20-16-10-19-15-9-5-4-8-14(15)17(16)21/h1-3,6-7,10,12H,4-5,8-9,11,18H2/q+1. The Hall–Kier alpha value is -2.04. The highest BCUT2D eigenvalue weighted by molar-refractivity contribution is 5.89. The molecule has 4 nitrogen and oxygen atoms in total. The van der Waals surface area contributed by atoms with Gasteiger partial charge in [0.25, 0.3) is 0 Å². The molecule has 0 bridgehead atoms. The molecule has 21 heavy (non-hydrogen) atoms. The number of hydrogen-bond acceptors (Lipinski definition) is 3. The summed E-state index contributed by atoms with van der Waals surface area (Å²) in [7, 11) is 0. The molecule has 1 aliphatic heterocycles. The van der Waals surface area contributed by atoms with E-state index in [1.807, 2.05) is 18.6 Å². The molecular formula is C17H19N4+. The van der Waals surface area contributed by atoms with Crippen LogP contribution in [0.25, 0.3) is 0 Å². The number of fused-ring (bicyclic) bond motifs is 3. The van der Waals surface area contributed by atoms with Gasteiger partial charge in [-0.3, -0.25) is 4.98 Å². The highest BCUT2D eigenvalue weighted by Crippen LogP contribution is 2.42. The molecule has 0 saturated heterocycles. The maximum absolute atomic E-state index is 6.69. The van der Waals surface area contributed by atoms with E-state index in [1.54, 1.807) is 0 Å². The quantitative estimate of drug-likeness (QED) is 0.678. The number of rotatable bonds is 2. The largest absolute Gasteiger partial charge is 0.258 e. The number of aliphatic imine (C=N–C) groups is 1. The molecule has 1 aromatic heterocycles. The van der Waals surface area contributed by atoms with Gasteiger partial charge >= 0.3 is 0 Å². The first-order valence-electron chi connectivity index (χ1n) is 7.53. The number of nitrogens with zero attached hydrogens (tertiary/aromatic N) is 3. The maximum atomic E-state index is 6.69. The summed E-state index contributed by atoms with van der Waals surface area (Å²) >= 11 is 0. The van der Waals surface area contributed by atoms with Gasteiger partial charge in [-0.05, 0) is 25.7 Å². The molecular weight excluding hydrogens is 260 g/mol. The van der Waals surface area contributed by atoms with E-state index in [9.17, 15) is 0 Å². The van der Waals surface area contributed by atoms with Crippen LogP contribution in [-0.4, -0.2) is 11.3 Å². The number of benzene rings is 1. The fourth-order valence-corrected chi connectivity index (χ4v) is 3.43. The van der Waals surface area contributed by atoms with E-state index in [-0.39, 0.29) is 4.59 Å². The molecule has 0 radical (unpaired) electrons. The zero-order chi connectivity index (χ0) is 14.3. The predicted molar refractivity (Wildman–Crippen MR) is 85.2 cm³/mol. The fraction of sp³-hybridized carbons (Fsp3) is 0.294. The zero-order valence-corrected chi connectivity index (χ0v) is 12.0. The Balaban J connectivity index is 1.79. The van der Waals surface area contributed by atoms with Crippen LogP contribution in [0.15, 0.2) is 41.5 Å². The fourth-order valence-electron chi connectivity index (χ4n) is 3.43. The van der Waals surface area contributed by atoms with Crippen molar-refractivity contribution >= 4 is 17.7 Å². The third-order valence-electron chi connectivity index (χ3n) is 4.42. The van der Waals surface area contributed by atoms with Crippen molar-refractivity contribution in [2.24, 2.45) is 10.8 Å². The summed E-state index contributed by atoms with van der Waals surface area (Å²) < 4.78 is 0.268. The average molecular weight is 279 g/mol. The number of nitrogens with two attached hydrogens (primary N) is 1. The van der Waals surface area contributed by atoms with Gasteiger partial charge in [-0.2, -0.15) is 15.4 Å². The van der Waals surface area contributed by atoms with Gasteiger partial charge in [-0.15, -0.1) is 0 Å². The van der Waals surface area contributed by atoms with Crippen molar-refractivity contribution < 1.29 is 0 Å². The number of pyridine rings is 1. The van der Waals surface area contributed by atoms with Crippen molar-refractivity contribution in [3.8, 4) is 0 Å². The summed E-state index contributed by atoms with van der Waals surface area (Å²) in [4.78, 5) is 9.10. The molecule has 106 valence electrons. The molecule has 4 rings (SSSR count). The van der Waals surface area contributed by atoms with E-state index >= 15 is 0 Å². The van der Waals surface area contributed by atoms with Crippen LogP contribution in [0.2, 0.25) is 0 Å². The lowest BCUT2D eigenvalue weighted by molar-refractivity contribution is 0.437. The summed E-state index contributed by atoms with van der Waals surface area (Å²) in [5.74, 6) is 6.69. The minimum absolute atomic E-state index is 0.268. The molecule has 1 unspecified atom stereocenters. The molecule has 2 aromatic rings. The van der Waals surface area contributed by atoms with Gasteiger partial charge in [0, 0.05) is 16.8 Å². The first-order chi connectivity index (χ1) is 10.3. The minimum Gasteiger partial charge on any atom is -0.258 e. The van der Waals surface area contributed by atoms with E-state index in [4.69, 9.17) is 5.84 Å². The van der Waals surface area contributed by atoms with Gasteiger partial charge in [-0.1, -0.05) is 30.3 Å².